The molecule has 4 heteroatoms. The molecule has 0 radical (unpaired) electrons. The number of hydrogen-bond donors (Lipinski definition) is 2. The first kappa shape index (κ1) is 28.8. The quantitative estimate of drug-likeness (QED) is 0.430. The van der Waals surface area contributed by atoms with Crippen LogP contribution in [0.3, 0.4) is 0 Å². The highest BCUT2D eigenvalue weighted by molar-refractivity contribution is 5.70. The van der Waals surface area contributed by atoms with Crippen LogP contribution in [-0.4, -0.2) is 32.4 Å². The zero-order chi connectivity index (χ0) is 23.5. The second kappa shape index (κ2) is 18.6. The molecule has 0 aliphatic heterocycles. The van der Waals surface area contributed by atoms with E-state index in [-0.39, 0.29) is 0 Å². The van der Waals surface area contributed by atoms with E-state index in [1.165, 1.54) is 18.4 Å². The molecule has 0 amide bonds. The Morgan fingerprint density at radius 3 is 2.39 bits per heavy atom. The molecule has 0 spiro atoms. The summed E-state index contributed by atoms with van der Waals surface area (Å²) >= 11 is 0. The van der Waals surface area contributed by atoms with Crippen molar-refractivity contribution in [3.8, 4) is 17.2 Å². The Morgan fingerprint density at radius 2 is 1.84 bits per heavy atom. The van der Waals surface area contributed by atoms with Crippen LogP contribution in [0.5, 0.6) is 0 Å². The molecule has 0 bridgehead atoms. The number of ether oxygens (including phenoxy) is 1. The van der Waals surface area contributed by atoms with Gasteiger partial charge < -0.3 is 15.2 Å². The van der Waals surface area contributed by atoms with Crippen LogP contribution in [0.25, 0.3) is 11.1 Å². The molecular formula is C27H42N2O2. The van der Waals surface area contributed by atoms with Gasteiger partial charge in [-0.15, -0.1) is 0 Å². The predicted molar refractivity (Wildman–Crippen MR) is 132 cm³/mol. The van der Waals surface area contributed by atoms with Gasteiger partial charge in [-0.1, -0.05) is 63.1 Å². The average molecular weight is 427 g/mol. The Morgan fingerprint density at radius 1 is 1.10 bits per heavy atom. The number of aryl methyl sites for hydroxylation is 1. The van der Waals surface area contributed by atoms with Crippen LogP contribution in [0.4, 0.5) is 0 Å². The molecule has 2 aromatic carbocycles. The van der Waals surface area contributed by atoms with Gasteiger partial charge in [0.1, 0.15) is 0 Å². The van der Waals surface area contributed by atoms with Crippen molar-refractivity contribution < 1.29 is 9.84 Å². The zero-order valence-corrected chi connectivity index (χ0v) is 20.4. The van der Waals surface area contributed by atoms with Crippen LogP contribution in [0.1, 0.15) is 75.7 Å². The Kier molecular flexibility index (Phi) is 17.3. The number of nitrogens with one attached hydrogen (secondary N) is 1. The average Bonchev–Trinajstić information content (AvgIpc) is 2.81. The number of benzene rings is 2. The van der Waals surface area contributed by atoms with E-state index in [4.69, 9.17) is 4.74 Å². The molecule has 0 aromatic heterocycles. The lowest BCUT2D eigenvalue weighted by molar-refractivity contribution is 0.164. The minimum Gasteiger partial charge on any atom is -0.388 e. The van der Waals surface area contributed by atoms with E-state index in [2.05, 4.69) is 24.4 Å². The summed E-state index contributed by atoms with van der Waals surface area (Å²) in [6, 6.07) is 15.9. The zero-order valence-electron chi connectivity index (χ0n) is 20.4. The van der Waals surface area contributed by atoms with Crippen LogP contribution >= 0.6 is 0 Å². The van der Waals surface area contributed by atoms with Gasteiger partial charge in [0.05, 0.1) is 17.7 Å². The minimum atomic E-state index is -0.505. The Balaban J connectivity index is 0.000000970. The summed E-state index contributed by atoms with van der Waals surface area (Å²) in [5.41, 5.74) is 4.69. The molecule has 4 nitrogen and oxygen atoms in total. The SMILES string of the molecule is CC.CCCCOC.CNCCCCC(O)c1ccc(C#N)cc1-c1cccc(C)c1. The molecule has 31 heavy (non-hydrogen) atoms. The highest BCUT2D eigenvalue weighted by Gasteiger charge is 2.14. The molecule has 1 unspecified atom stereocenters. The number of unbranched alkanes of at least 4 members (excludes halogenated alkanes) is 2. The van der Waals surface area contributed by atoms with Gasteiger partial charge in [0.2, 0.25) is 0 Å². The van der Waals surface area contributed by atoms with Crippen LogP contribution in [0, 0.1) is 18.3 Å². The third kappa shape index (κ3) is 11.7. The largest absolute Gasteiger partial charge is 0.388 e. The van der Waals surface area contributed by atoms with Gasteiger partial charge in [-0.3, -0.25) is 0 Å². The van der Waals surface area contributed by atoms with Crippen molar-refractivity contribution in [3.05, 3.63) is 59.2 Å². The van der Waals surface area contributed by atoms with Crippen molar-refractivity contribution in [2.45, 2.75) is 65.9 Å². The lowest BCUT2D eigenvalue weighted by Crippen LogP contribution is -2.08. The number of nitrogens with zero attached hydrogens (tertiary/aromatic N) is 1. The summed E-state index contributed by atoms with van der Waals surface area (Å²) in [5, 5.41) is 22.9. The van der Waals surface area contributed by atoms with Crippen molar-refractivity contribution in [3.63, 3.8) is 0 Å². The normalized spacial score (nSPS) is 10.8. The van der Waals surface area contributed by atoms with Crippen LogP contribution in [0.15, 0.2) is 42.5 Å². The van der Waals surface area contributed by atoms with Crippen LogP contribution in [-0.2, 0) is 4.74 Å². The van der Waals surface area contributed by atoms with Gasteiger partial charge in [0.15, 0.2) is 0 Å². The summed E-state index contributed by atoms with van der Waals surface area (Å²) in [7, 11) is 3.67. The molecule has 0 heterocycles. The van der Waals surface area contributed by atoms with E-state index in [1.54, 1.807) is 13.2 Å². The highest BCUT2D eigenvalue weighted by atomic mass is 16.5. The number of aliphatic hydroxyl groups excluding tert-OH is 1. The fourth-order valence-corrected chi connectivity index (χ4v) is 3.06. The van der Waals surface area contributed by atoms with E-state index < -0.39 is 6.10 Å². The Bertz CT molecular complexity index is 749. The first-order valence-electron chi connectivity index (χ1n) is 11.5. The molecule has 172 valence electrons. The number of hydrogen-bond acceptors (Lipinski definition) is 4. The third-order valence-electron chi connectivity index (χ3n) is 4.73. The van der Waals surface area contributed by atoms with Crippen LogP contribution in [0.2, 0.25) is 0 Å². The van der Waals surface area contributed by atoms with Crippen molar-refractivity contribution in [2.75, 3.05) is 27.3 Å². The number of aliphatic hydroxyl groups is 1. The molecule has 2 rings (SSSR count). The first-order valence-corrected chi connectivity index (χ1v) is 11.5. The fourth-order valence-electron chi connectivity index (χ4n) is 3.06. The summed E-state index contributed by atoms with van der Waals surface area (Å²) in [6.07, 6.45) is 4.66. The minimum absolute atomic E-state index is 0.505. The third-order valence-corrected chi connectivity index (χ3v) is 4.73. The molecular weight excluding hydrogens is 384 g/mol. The van der Waals surface area contributed by atoms with Crippen molar-refractivity contribution >= 4 is 0 Å². The highest BCUT2D eigenvalue weighted by Crippen LogP contribution is 2.32. The second-order valence-electron chi connectivity index (χ2n) is 7.24. The molecule has 0 aliphatic rings. The lowest BCUT2D eigenvalue weighted by atomic mass is 9.92. The molecule has 2 N–H and O–H groups in total. The Hall–Kier alpha value is -2.19. The smallest absolute Gasteiger partial charge is 0.0991 e. The Labute approximate surface area is 190 Å². The van der Waals surface area contributed by atoms with Gasteiger partial charge in [-0.2, -0.15) is 5.26 Å². The maximum atomic E-state index is 10.6. The van der Waals surface area contributed by atoms with Gasteiger partial charge >= 0.3 is 0 Å². The van der Waals surface area contributed by atoms with E-state index >= 15 is 0 Å². The molecule has 0 fully saturated rings. The maximum Gasteiger partial charge on any atom is 0.0991 e. The topological polar surface area (TPSA) is 65.3 Å². The summed E-state index contributed by atoms with van der Waals surface area (Å²) < 4.78 is 4.78. The van der Waals surface area contributed by atoms with Crippen molar-refractivity contribution in [2.24, 2.45) is 0 Å². The van der Waals surface area contributed by atoms with E-state index in [1.807, 2.05) is 58.2 Å². The summed E-state index contributed by atoms with van der Waals surface area (Å²) in [5.74, 6) is 0. The van der Waals surface area contributed by atoms with Gasteiger partial charge in [-0.05, 0) is 75.0 Å². The fraction of sp³-hybridized carbons (Fsp3) is 0.519. The van der Waals surface area contributed by atoms with Gasteiger partial charge in [-0.25, -0.2) is 0 Å². The summed E-state index contributed by atoms with van der Waals surface area (Å²) in [4.78, 5) is 0. The van der Waals surface area contributed by atoms with Crippen molar-refractivity contribution in [1.82, 2.24) is 5.32 Å². The second-order valence-corrected chi connectivity index (χ2v) is 7.24. The molecule has 1 atom stereocenters. The lowest BCUT2D eigenvalue weighted by Gasteiger charge is -2.17. The molecule has 0 saturated heterocycles. The summed E-state index contributed by atoms with van der Waals surface area (Å²) in [6.45, 7) is 10.1. The number of rotatable bonds is 10. The predicted octanol–water partition coefficient (Wildman–Crippen LogP) is 6.42. The van der Waals surface area contributed by atoms with E-state index in [9.17, 15) is 10.4 Å². The van der Waals surface area contributed by atoms with Crippen LogP contribution < -0.4 is 5.32 Å². The van der Waals surface area contributed by atoms with E-state index in [0.717, 1.165) is 49.1 Å². The number of nitriles is 1. The monoisotopic (exact) mass is 426 g/mol. The standard InChI is InChI=1S/C20H24N2O.C5H12O.C2H6/c1-15-6-5-7-17(12-15)19-13-16(14-21)9-10-18(19)20(23)8-3-4-11-22-2;1-3-4-5-6-2;1-2/h5-7,9-10,12-13,20,22-23H,3-4,8,11H2,1-2H3;3-5H2,1-2H3;1-2H3. The molecule has 0 aliphatic carbocycles. The maximum absolute atomic E-state index is 10.6. The number of methoxy groups -OCH3 is 1. The van der Waals surface area contributed by atoms with Crippen molar-refractivity contribution in [1.29, 1.82) is 5.26 Å². The molecule has 2 aromatic rings. The van der Waals surface area contributed by atoms with E-state index in [0.29, 0.717) is 5.56 Å². The molecule has 0 saturated carbocycles. The van der Waals surface area contributed by atoms with Gasteiger partial charge in [0, 0.05) is 13.7 Å². The van der Waals surface area contributed by atoms with Gasteiger partial charge in [0.25, 0.3) is 0 Å². The first-order chi connectivity index (χ1) is 15.1.